The van der Waals surface area contributed by atoms with Crippen LogP contribution in [0.25, 0.3) is 10.7 Å². The smallest absolute Gasteiger partial charge is 0.171 e. The van der Waals surface area contributed by atoms with Crippen LogP contribution in [0.15, 0.2) is 22.0 Å². The fraction of sp³-hybridized carbons (Fsp3) is 0.333. The summed E-state index contributed by atoms with van der Waals surface area (Å²) in [6.07, 6.45) is 0. The molecular formula is C12H14BrN3S. The van der Waals surface area contributed by atoms with Gasteiger partial charge in [0.1, 0.15) is 5.82 Å². The number of nitrogens with two attached hydrogens (primary N) is 1. The number of hydrogen-bond donors (Lipinski definition) is 1. The SMILES string of the molecule is CC(C)(C)c1cc(N)nc(-c2cc(Br)cs2)n1. The molecule has 0 aromatic carbocycles. The van der Waals surface area contributed by atoms with Gasteiger partial charge in [-0.3, -0.25) is 0 Å². The van der Waals surface area contributed by atoms with Crippen LogP contribution in [0.5, 0.6) is 0 Å². The largest absolute Gasteiger partial charge is 0.384 e. The van der Waals surface area contributed by atoms with Crippen molar-refractivity contribution in [2.45, 2.75) is 26.2 Å². The van der Waals surface area contributed by atoms with Gasteiger partial charge in [-0.15, -0.1) is 11.3 Å². The molecule has 0 fully saturated rings. The van der Waals surface area contributed by atoms with Crippen LogP contribution in [0.4, 0.5) is 5.82 Å². The van der Waals surface area contributed by atoms with Crippen molar-refractivity contribution in [2.24, 2.45) is 0 Å². The normalized spacial score (nSPS) is 11.8. The average Bonchev–Trinajstić information content (AvgIpc) is 2.62. The monoisotopic (exact) mass is 311 g/mol. The third-order valence-electron chi connectivity index (χ3n) is 2.30. The van der Waals surface area contributed by atoms with E-state index in [1.54, 1.807) is 11.3 Å². The molecule has 0 spiro atoms. The molecule has 90 valence electrons. The summed E-state index contributed by atoms with van der Waals surface area (Å²) in [5.74, 6) is 1.22. The molecule has 0 radical (unpaired) electrons. The van der Waals surface area contributed by atoms with Crippen molar-refractivity contribution in [3.63, 3.8) is 0 Å². The molecule has 0 atom stereocenters. The van der Waals surface area contributed by atoms with Crippen LogP contribution in [0, 0.1) is 0 Å². The van der Waals surface area contributed by atoms with Gasteiger partial charge in [0.15, 0.2) is 5.82 Å². The molecule has 2 aromatic heterocycles. The molecule has 3 nitrogen and oxygen atoms in total. The molecule has 0 saturated carbocycles. The van der Waals surface area contributed by atoms with Crippen LogP contribution in [0.2, 0.25) is 0 Å². The summed E-state index contributed by atoms with van der Waals surface area (Å²) in [6.45, 7) is 6.34. The van der Waals surface area contributed by atoms with Gasteiger partial charge in [-0.2, -0.15) is 0 Å². The Labute approximate surface area is 113 Å². The van der Waals surface area contributed by atoms with Crippen molar-refractivity contribution in [2.75, 3.05) is 5.73 Å². The Morgan fingerprint density at radius 1 is 1.24 bits per heavy atom. The molecule has 0 bridgehead atoms. The maximum atomic E-state index is 5.84. The minimum atomic E-state index is -0.0275. The van der Waals surface area contributed by atoms with Gasteiger partial charge in [-0.25, -0.2) is 9.97 Å². The van der Waals surface area contributed by atoms with Gasteiger partial charge in [-0.05, 0) is 22.0 Å². The van der Waals surface area contributed by atoms with Crippen LogP contribution in [0.1, 0.15) is 26.5 Å². The molecule has 2 rings (SSSR count). The predicted octanol–water partition coefficient (Wildman–Crippen LogP) is 3.85. The number of halogens is 1. The molecule has 0 aliphatic carbocycles. The van der Waals surface area contributed by atoms with E-state index in [-0.39, 0.29) is 5.41 Å². The van der Waals surface area contributed by atoms with E-state index in [4.69, 9.17) is 5.73 Å². The van der Waals surface area contributed by atoms with E-state index < -0.39 is 0 Å². The van der Waals surface area contributed by atoms with Gasteiger partial charge in [0, 0.05) is 21.3 Å². The number of thiophene rings is 1. The highest BCUT2D eigenvalue weighted by Crippen LogP contribution is 2.30. The quantitative estimate of drug-likeness (QED) is 0.870. The standard InChI is InChI=1S/C12H14BrN3S/c1-12(2,3)9-5-10(14)16-11(15-9)8-4-7(13)6-17-8/h4-6H,1-3H3,(H2,14,15,16). The maximum absolute atomic E-state index is 5.84. The van der Waals surface area contributed by atoms with Gasteiger partial charge in [0.2, 0.25) is 0 Å². The average molecular weight is 312 g/mol. The predicted molar refractivity (Wildman–Crippen MR) is 76.2 cm³/mol. The number of nitrogen functional groups attached to an aromatic ring is 1. The molecule has 2 aromatic rings. The molecular weight excluding hydrogens is 298 g/mol. The van der Waals surface area contributed by atoms with Gasteiger partial charge >= 0.3 is 0 Å². The zero-order chi connectivity index (χ0) is 12.6. The third kappa shape index (κ3) is 2.84. The number of rotatable bonds is 1. The van der Waals surface area contributed by atoms with Crippen molar-refractivity contribution >= 4 is 33.1 Å². The lowest BCUT2D eigenvalue weighted by molar-refractivity contribution is 0.568. The summed E-state index contributed by atoms with van der Waals surface area (Å²) in [6, 6.07) is 3.85. The van der Waals surface area contributed by atoms with Crippen LogP contribution in [-0.4, -0.2) is 9.97 Å². The van der Waals surface area contributed by atoms with Gasteiger partial charge in [0.25, 0.3) is 0 Å². The minimum absolute atomic E-state index is 0.0275. The van der Waals surface area contributed by atoms with Crippen LogP contribution < -0.4 is 5.73 Å². The van der Waals surface area contributed by atoms with Crippen molar-refractivity contribution in [1.29, 1.82) is 0 Å². The maximum Gasteiger partial charge on any atom is 0.171 e. The lowest BCUT2D eigenvalue weighted by atomic mass is 9.92. The lowest BCUT2D eigenvalue weighted by Crippen LogP contribution is -2.15. The molecule has 5 heteroatoms. The highest BCUT2D eigenvalue weighted by Gasteiger charge is 2.18. The number of aromatic nitrogens is 2. The van der Waals surface area contributed by atoms with Crippen molar-refractivity contribution in [3.05, 3.63) is 27.7 Å². The Bertz CT molecular complexity index is 543. The molecule has 17 heavy (non-hydrogen) atoms. The van der Waals surface area contributed by atoms with E-state index in [1.807, 2.05) is 17.5 Å². The number of nitrogens with zero attached hydrogens (tertiary/aromatic N) is 2. The first-order valence-corrected chi connectivity index (χ1v) is 6.93. The van der Waals surface area contributed by atoms with Crippen molar-refractivity contribution < 1.29 is 0 Å². The highest BCUT2D eigenvalue weighted by atomic mass is 79.9. The van der Waals surface area contributed by atoms with E-state index in [0.29, 0.717) is 11.6 Å². The third-order valence-corrected chi connectivity index (χ3v) is 3.99. The molecule has 0 saturated heterocycles. The fourth-order valence-corrected chi connectivity index (χ4v) is 2.75. The Morgan fingerprint density at radius 3 is 2.47 bits per heavy atom. The summed E-state index contributed by atoms with van der Waals surface area (Å²) < 4.78 is 1.04. The first-order valence-electron chi connectivity index (χ1n) is 5.26. The van der Waals surface area contributed by atoms with E-state index in [9.17, 15) is 0 Å². The van der Waals surface area contributed by atoms with Gasteiger partial charge < -0.3 is 5.73 Å². The second-order valence-electron chi connectivity index (χ2n) is 4.88. The second-order valence-corrected chi connectivity index (χ2v) is 6.71. The molecule has 2 heterocycles. The number of hydrogen-bond acceptors (Lipinski definition) is 4. The zero-order valence-electron chi connectivity index (χ0n) is 9.99. The minimum Gasteiger partial charge on any atom is -0.384 e. The van der Waals surface area contributed by atoms with E-state index in [2.05, 4.69) is 46.7 Å². The van der Waals surface area contributed by atoms with Crippen molar-refractivity contribution in [1.82, 2.24) is 9.97 Å². The van der Waals surface area contributed by atoms with Crippen LogP contribution in [-0.2, 0) is 5.41 Å². The molecule has 0 aliphatic heterocycles. The van der Waals surface area contributed by atoms with Crippen LogP contribution >= 0.6 is 27.3 Å². The van der Waals surface area contributed by atoms with Gasteiger partial charge in [-0.1, -0.05) is 20.8 Å². The van der Waals surface area contributed by atoms with E-state index >= 15 is 0 Å². The summed E-state index contributed by atoms with van der Waals surface area (Å²) >= 11 is 5.03. The van der Waals surface area contributed by atoms with E-state index in [1.165, 1.54) is 0 Å². The highest BCUT2D eigenvalue weighted by molar-refractivity contribution is 9.10. The zero-order valence-corrected chi connectivity index (χ0v) is 12.4. The topological polar surface area (TPSA) is 51.8 Å². The molecule has 0 aliphatic rings. The lowest BCUT2D eigenvalue weighted by Gasteiger charge is -2.18. The fourth-order valence-electron chi connectivity index (χ4n) is 1.39. The van der Waals surface area contributed by atoms with Gasteiger partial charge in [0.05, 0.1) is 10.6 Å². The van der Waals surface area contributed by atoms with Crippen molar-refractivity contribution in [3.8, 4) is 10.7 Å². The summed E-state index contributed by atoms with van der Waals surface area (Å²) in [7, 11) is 0. The molecule has 0 amide bonds. The Hall–Kier alpha value is -0.940. The number of anilines is 1. The second kappa shape index (κ2) is 4.38. The first-order chi connectivity index (χ1) is 7.86. The molecule has 2 N–H and O–H groups in total. The Balaban J connectivity index is 2.52. The first kappa shape index (κ1) is 12.5. The van der Waals surface area contributed by atoms with Crippen LogP contribution in [0.3, 0.4) is 0 Å². The molecule has 0 unspecified atom stereocenters. The Kier molecular flexibility index (Phi) is 3.23. The Morgan fingerprint density at radius 2 is 1.94 bits per heavy atom. The summed E-state index contributed by atoms with van der Waals surface area (Å²) in [5, 5.41) is 2.01. The summed E-state index contributed by atoms with van der Waals surface area (Å²) in [4.78, 5) is 9.90. The van der Waals surface area contributed by atoms with E-state index in [0.717, 1.165) is 15.0 Å². The summed E-state index contributed by atoms with van der Waals surface area (Å²) in [5.41, 5.74) is 6.78.